The van der Waals surface area contributed by atoms with Gasteiger partial charge in [0.1, 0.15) is 5.75 Å². The van der Waals surface area contributed by atoms with Crippen LogP contribution in [0.1, 0.15) is 29.7 Å². The summed E-state index contributed by atoms with van der Waals surface area (Å²) in [7, 11) is 1.74. The van der Waals surface area contributed by atoms with Crippen LogP contribution in [0.4, 0.5) is 0 Å². The second-order valence-electron chi connectivity index (χ2n) is 5.96. The second kappa shape index (κ2) is 5.49. The van der Waals surface area contributed by atoms with Crippen molar-refractivity contribution in [2.24, 2.45) is 5.92 Å². The van der Waals surface area contributed by atoms with Crippen molar-refractivity contribution in [2.45, 2.75) is 33.1 Å². The number of H-pyrrole nitrogens is 1. The topological polar surface area (TPSA) is 37.0 Å². The van der Waals surface area contributed by atoms with Crippen LogP contribution in [0.15, 0.2) is 12.1 Å². The Kier molecular flexibility index (Phi) is 3.70. The van der Waals surface area contributed by atoms with E-state index in [0.29, 0.717) is 0 Å². The number of rotatable bonds is 3. The summed E-state index contributed by atoms with van der Waals surface area (Å²) in [4.78, 5) is 3.54. The van der Waals surface area contributed by atoms with Gasteiger partial charge in [0.05, 0.1) is 12.6 Å². The molecule has 0 aliphatic carbocycles. The van der Waals surface area contributed by atoms with Crippen molar-refractivity contribution in [1.29, 1.82) is 0 Å². The highest BCUT2D eigenvalue weighted by molar-refractivity contribution is 5.92. The molecule has 1 fully saturated rings. The number of aromatic nitrogens is 1. The largest absolute Gasteiger partial charge is 0.495 e. The summed E-state index contributed by atoms with van der Waals surface area (Å²) in [5, 5.41) is 4.82. The molecule has 3 nitrogen and oxygen atoms in total. The Balaban J connectivity index is 2.03. The van der Waals surface area contributed by atoms with Gasteiger partial charge in [-0.05, 0) is 69.3 Å². The number of aromatic amines is 1. The van der Waals surface area contributed by atoms with Crippen LogP contribution in [0.3, 0.4) is 0 Å². The molecule has 0 bridgehead atoms. The summed E-state index contributed by atoms with van der Waals surface area (Å²) in [6, 6.07) is 4.22. The Bertz CT molecular complexity index is 609. The predicted octanol–water partition coefficient (Wildman–Crippen LogP) is 3.34. The Morgan fingerprint density at radius 3 is 2.65 bits per heavy atom. The minimum atomic E-state index is 0.805. The fourth-order valence-electron chi connectivity index (χ4n) is 3.45. The third-order valence-corrected chi connectivity index (χ3v) is 4.61. The van der Waals surface area contributed by atoms with Crippen molar-refractivity contribution >= 4 is 10.9 Å². The number of ether oxygens (including phenoxy) is 1. The average molecular weight is 272 g/mol. The summed E-state index contributed by atoms with van der Waals surface area (Å²) in [5.41, 5.74) is 5.29. The van der Waals surface area contributed by atoms with E-state index in [0.717, 1.165) is 30.3 Å². The molecule has 0 saturated carbocycles. The maximum atomic E-state index is 5.50. The van der Waals surface area contributed by atoms with Crippen LogP contribution in [0, 0.1) is 19.8 Å². The zero-order valence-corrected chi connectivity index (χ0v) is 12.7. The Morgan fingerprint density at radius 1 is 1.20 bits per heavy atom. The lowest BCUT2D eigenvalue weighted by molar-refractivity contribution is 0.373. The van der Waals surface area contributed by atoms with Crippen LogP contribution >= 0.6 is 0 Å². The zero-order valence-electron chi connectivity index (χ0n) is 12.7. The molecule has 0 amide bonds. The average Bonchev–Trinajstić information content (AvgIpc) is 2.78. The van der Waals surface area contributed by atoms with Gasteiger partial charge < -0.3 is 15.0 Å². The molecule has 1 aliphatic rings. The summed E-state index contributed by atoms with van der Waals surface area (Å²) in [6.07, 6.45) is 3.76. The molecule has 2 N–H and O–H groups in total. The molecule has 0 radical (unpaired) electrons. The van der Waals surface area contributed by atoms with Gasteiger partial charge in [0.15, 0.2) is 0 Å². The smallest absolute Gasteiger partial charge is 0.142 e. The van der Waals surface area contributed by atoms with E-state index in [1.807, 2.05) is 0 Å². The van der Waals surface area contributed by atoms with E-state index in [1.165, 1.54) is 41.5 Å². The number of piperidine rings is 1. The van der Waals surface area contributed by atoms with Crippen molar-refractivity contribution in [3.8, 4) is 5.75 Å². The number of benzene rings is 1. The number of aryl methyl sites for hydroxylation is 2. The highest BCUT2D eigenvalue weighted by atomic mass is 16.5. The van der Waals surface area contributed by atoms with Crippen LogP contribution in [0.2, 0.25) is 0 Å². The van der Waals surface area contributed by atoms with Crippen LogP contribution < -0.4 is 10.1 Å². The van der Waals surface area contributed by atoms with Crippen molar-refractivity contribution in [2.75, 3.05) is 20.2 Å². The fraction of sp³-hybridized carbons (Fsp3) is 0.529. The minimum absolute atomic E-state index is 0.805. The molecule has 3 rings (SSSR count). The van der Waals surface area contributed by atoms with Crippen molar-refractivity contribution < 1.29 is 4.74 Å². The molecular formula is C17H24N2O. The van der Waals surface area contributed by atoms with Crippen molar-refractivity contribution in [1.82, 2.24) is 10.3 Å². The molecule has 1 aliphatic heterocycles. The lowest BCUT2D eigenvalue weighted by Gasteiger charge is -2.22. The second-order valence-corrected chi connectivity index (χ2v) is 5.96. The lowest BCUT2D eigenvalue weighted by Crippen LogP contribution is -2.28. The first-order chi connectivity index (χ1) is 9.70. The molecule has 3 heteroatoms. The van der Waals surface area contributed by atoms with Crippen molar-refractivity contribution in [3.63, 3.8) is 0 Å². The van der Waals surface area contributed by atoms with Gasteiger partial charge in [-0.3, -0.25) is 0 Å². The van der Waals surface area contributed by atoms with Crippen LogP contribution in [0.25, 0.3) is 10.9 Å². The number of nitrogens with one attached hydrogen (secondary N) is 2. The first-order valence-corrected chi connectivity index (χ1v) is 7.56. The Morgan fingerprint density at radius 2 is 1.95 bits per heavy atom. The maximum Gasteiger partial charge on any atom is 0.142 e. The van der Waals surface area contributed by atoms with E-state index >= 15 is 0 Å². The number of hydrogen-bond donors (Lipinski definition) is 2. The van der Waals surface area contributed by atoms with Crippen LogP contribution in [-0.4, -0.2) is 25.2 Å². The van der Waals surface area contributed by atoms with Gasteiger partial charge in [0.25, 0.3) is 0 Å². The van der Waals surface area contributed by atoms with E-state index in [1.54, 1.807) is 7.11 Å². The van der Waals surface area contributed by atoms with Gasteiger partial charge in [-0.1, -0.05) is 6.07 Å². The third kappa shape index (κ3) is 2.31. The number of methoxy groups -OCH3 is 1. The molecular weight excluding hydrogens is 248 g/mol. The number of hydrogen-bond acceptors (Lipinski definition) is 2. The van der Waals surface area contributed by atoms with E-state index < -0.39 is 0 Å². The quantitative estimate of drug-likeness (QED) is 0.899. The van der Waals surface area contributed by atoms with Gasteiger partial charge >= 0.3 is 0 Å². The maximum absolute atomic E-state index is 5.50. The summed E-state index contributed by atoms with van der Waals surface area (Å²) in [5.74, 6) is 1.75. The van der Waals surface area contributed by atoms with Gasteiger partial charge in [0.2, 0.25) is 0 Å². The SMILES string of the molecule is COc1ccc(C)c2c(CC3CCNCC3)c(C)[nH]c12. The molecule has 0 spiro atoms. The highest BCUT2D eigenvalue weighted by Gasteiger charge is 2.19. The van der Waals surface area contributed by atoms with Crippen LogP contribution in [-0.2, 0) is 6.42 Å². The summed E-state index contributed by atoms with van der Waals surface area (Å²) < 4.78 is 5.50. The van der Waals surface area contributed by atoms with Gasteiger partial charge in [-0.15, -0.1) is 0 Å². The normalized spacial score (nSPS) is 16.8. The standard InChI is InChI=1S/C17H24N2O/c1-11-4-5-15(20-3)17-16(11)14(12(2)19-17)10-13-6-8-18-9-7-13/h4-5,13,18-19H,6-10H2,1-3H3. The molecule has 0 atom stereocenters. The zero-order chi connectivity index (χ0) is 14.1. The highest BCUT2D eigenvalue weighted by Crippen LogP contribution is 2.34. The van der Waals surface area contributed by atoms with Crippen molar-refractivity contribution in [3.05, 3.63) is 29.0 Å². The van der Waals surface area contributed by atoms with Gasteiger partial charge in [-0.2, -0.15) is 0 Å². The summed E-state index contributed by atoms with van der Waals surface area (Å²) >= 11 is 0. The van der Waals surface area contributed by atoms with E-state index in [-0.39, 0.29) is 0 Å². The lowest BCUT2D eigenvalue weighted by atomic mass is 9.89. The molecule has 108 valence electrons. The van der Waals surface area contributed by atoms with E-state index in [9.17, 15) is 0 Å². The summed E-state index contributed by atoms with van der Waals surface area (Å²) in [6.45, 7) is 6.71. The Hall–Kier alpha value is -1.48. The first kappa shape index (κ1) is 13.5. The molecule has 2 aromatic rings. The minimum Gasteiger partial charge on any atom is -0.495 e. The fourth-order valence-corrected chi connectivity index (χ4v) is 3.45. The molecule has 0 unspecified atom stereocenters. The first-order valence-electron chi connectivity index (χ1n) is 7.56. The molecule has 20 heavy (non-hydrogen) atoms. The molecule has 1 aromatic heterocycles. The third-order valence-electron chi connectivity index (χ3n) is 4.61. The van der Waals surface area contributed by atoms with Crippen LogP contribution in [0.5, 0.6) is 5.75 Å². The van der Waals surface area contributed by atoms with E-state index in [4.69, 9.17) is 4.74 Å². The number of fused-ring (bicyclic) bond motifs is 1. The van der Waals surface area contributed by atoms with Gasteiger partial charge in [-0.25, -0.2) is 0 Å². The molecule has 1 aromatic carbocycles. The molecule has 1 saturated heterocycles. The van der Waals surface area contributed by atoms with Gasteiger partial charge in [0, 0.05) is 11.1 Å². The molecule has 2 heterocycles. The Labute approximate surface area is 120 Å². The predicted molar refractivity (Wildman–Crippen MR) is 83.6 cm³/mol. The monoisotopic (exact) mass is 272 g/mol. The van der Waals surface area contributed by atoms with E-state index in [2.05, 4.69) is 36.3 Å².